The number of ether oxygens (including phenoxy) is 1. The maximum absolute atomic E-state index is 13.7. The van der Waals surface area contributed by atoms with Crippen molar-refractivity contribution in [2.75, 3.05) is 0 Å². The Hall–Kier alpha value is -3.21. The number of hydrogen-bond donors (Lipinski definition) is 0. The fourth-order valence-electron chi connectivity index (χ4n) is 2.87. The molecule has 1 aromatic heterocycles. The van der Waals surface area contributed by atoms with Crippen LogP contribution in [0.15, 0.2) is 54.6 Å². The molecule has 0 unspecified atom stereocenters. The van der Waals surface area contributed by atoms with Crippen molar-refractivity contribution in [2.45, 2.75) is 20.5 Å². The number of carbonyl (C=O) groups is 1. The second-order valence-corrected chi connectivity index (χ2v) is 6.32. The van der Waals surface area contributed by atoms with Crippen LogP contribution in [0.1, 0.15) is 32.9 Å². The summed E-state index contributed by atoms with van der Waals surface area (Å²) >= 11 is 0. The molecule has 0 bridgehead atoms. The number of rotatable bonds is 6. The largest absolute Gasteiger partial charge is 0.489 e. The average molecular weight is 364 g/mol. The molecular formula is C22H21FN2O2. The molecule has 0 N–H and O–H groups in total. The van der Waals surface area contributed by atoms with E-state index in [-0.39, 0.29) is 18.2 Å². The minimum atomic E-state index is -0.290. The highest BCUT2D eigenvalue weighted by molar-refractivity contribution is 6.08. The maximum atomic E-state index is 13.7. The number of carbonyl (C=O) groups excluding carboxylic acids is 1. The Morgan fingerprint density at radius 1 is 1.19 bits per heavy atom. The normalized spacial score (nSPS) is 11.1. The van der Waals surface area contributed by atoms with Crippen molar-refractivity contribution in [1.82, 2.24) is 9.78 Å². The van der Waals surface area contributed by atoms with Crippen LogP contribution in [0.25, 0.3) is 6.08 Å². The fourth-order valence-corrected chi connectivity index (χ4v) is 2.87. The van der Waals surface area contributed by atoms with Gasteiger partial charge in [-0.05, 0) is 43.7 Å². The standard InChI is InChI=1S/C22H21FN2O2/c1-15-22(16(2)25(3)24-15)21(26)12-11-17-7-6-9-19(13-17)27-14-18-8-4-5-10-20(18)23/h4-13H,14H2,1-3H3. The van der Waals surface area contributed by atoms with Gasteiger partial charge in [0.2, 0.25) is 0 Å². The molecule has 0 aliphatic rings. The van der Waals surface area contributed by atoms with E-state index >= 15 is 0 Å². The maximum Gasteiger partial charge on any atom is 0.189 e. The zero-order valence-corrected chi connectivity index (χ0v) is 15.6. The van der Waals surface area contributed by atoms with Crippen molar-refractivity contribution in [3.8, 4) is 5.75 Å². The molecule has 0 radical (unpaired) electrons. The number of allylic oxidation sites excluding steroid dienone is 1. The van der Waals surface area contributed by atoms with Gasteiger partial charge < -0.3 is 4.74 Å². The smallest absolute Gasteiger partial charge is 0.189 e. The second kappa shape index (κ2) is 7.99. The van der Waals surface area contributed by atoms with E-state index in [0.717, 1.165) is 11.3 Å². The number of aromatic nitrogens is 2. The van der Waals surface area contributed by atoms with E-state index in [2.05, 4.69) is 5.10 Å². The van der Waals surface area contributed by atoms with E-state index < -0.39 is 0 Å². The first-order chi connectivity index (χ1) is 13.0. The number of nitrogens with zero attached hydrogens (tertiary/aromatic N) is 2. The van der Waals surface area contributed by atoms with Crippen molar-refractivity contribution < 1.29 is 13.9 Å². The van der Waals surface area contributed by atoms with Gasteiger partial charge in [-0.3, -0.25) is 9.48 Å². The molecule has 1 heterocycles. The highest BCUT2D eigenvalue weighted by Gasteiger charge is 2.14. The molecule has 0 spiro atoms. The number of halogens is 1. The topological polar surface area (TPSA) is 44.1 Å². The molecule has 27 heavy (non-hydrogen) atoms. The van der Waals surface area contributed by atoms with Gasteiger partial charge in [-0.15, -0.1) is 0 Å². The molecule has 0 aliphatic carbocycles. The van der Waals surface area contributed by atoms with Crippen molar-refractivity contribution in [1.29, 1.82) is 0 Å². The Bertz CT molecular complexity index is 1010. The molecular weight excluding hydrogens is 343 g/mol. The molecule has 3 rings (SSSR count). The van der Waals surface area contributed by atoms with Crippen LogP contribution in [0.5, 0.6) is 5.75 Å². The summed E-state index contributed by atoms with van der Waals surface area (Å²) in [6, 6.07) is 13.8. The van der Waals surface area contributed by atoms with Crippen LogP contribution < -0.4 is 4.74 Å². The molecule has 4 nitrogen and oxygen atoms in total. The molecule has 0 amide bonds. The van der Waals surface area contributed by atoms with Crippen LogP contribution in [-0.2, 0) is 13.7 Å². The Kier molecular flexibility index (Phi) is 5.50. The first kappa shape index (κ1) is 18.6. The van der Waals surface area contributed by atoms with E-state index in [1.807, 2.05) is 39.1 Å². The van der Waals surface area contributed by atoms with Crippen LogP contribution in [0, 0.1) is 19.7 Å². The van der Waals surface area contributed by atoms with Crippen molar-refractivity contribution in [3.05, 3.63) is 88.5 Å². The summed E-state index contributed by atoms with van der Waals surface area (Å²) in [6.45, 7) is 3.84. The number of benzene rings is 2. The Morgan fingerprint density at radius 3 is 2.67 bits per heavy atom. The van der Waals surface area contributed by atoms with Gasteiger partial charge in [0.25, 0.3) is 0 Å². The van der Waals surface area contributed by atoms with E-state index in [1.165, 1.54) is 12.1 Å². The van der Waals surface area contributed by atoms with Crippen molar-refractivity contribution >= 4 is 11.9 Å². The Balaban J connectivity index is 1.71. The van der Waals surface area contributed by atoms with Crippen LogP contribution in [0.4, 0.5) is 4.39 Å². The van der Waals surface area contributed by atoms with Crippen molar-refractivity contribution in [2.24, 2.45) is 7.05 Å². The minimum Gasteiger partial charge on any atom is -0.489 e. The average Bonchev–Trinajstić information content (AvgIpc) is 2.91. The monoisotopic (exact) mass is 364 g/mol. The number of hydrogen-bond acceptors (Lipinski definition) is 3. The van der Waals surface area contributed by atoms with Gasteiger partial charge in [-0.25, -0.2) is 4.39 Å². The lowest BCUT2D eigenvalue weighted by atomic mass is 10.1. The van der Waals surface area contributed by atoms with Crippen LogP contribution in [0.3, 0.4) is 0 Å². The molecule has 5 heteroatoms. The lowest BCUT2D eigenvalue weighted by Crippen LogP contribution is -1.99. The second-order valence-electron chi connectivity index (χ2n) is 6.32. The minimum absolute atomic E-state index is 0.0872. The van der Waals surface area contributed by atoms with E-state index in [1.54, 1.807) is 35.0 Å². The predicted molar refractivity (Wildman–Crippen MR) is 103 cm³/mol. The molecule has 0 saturated carbocycles. The van der Waals surface area contributed by atoms with Crippen LogP contribution in [-0.4, -0.2) is 15.6 Å². The number of aryl methyl sites for hydroxylation is 2. The van der Waals surface area contributed by atoms with Crippen LogP contribution >= 0.6 is 0 Å². The summed E-state index contributed by atoms with van der Waals surface area (Å²) < 4.78 is 21.1. The Labute approximate surface area is 157 Å². The van der Waals surface area contributed by atoms with Crippen molar-refractivity contribution in [3.63, 3.8) is 0 Å². The quantitative estimate of drug-likeness (QED) is 0.472. The SMILES string of the molecule is Cc1nn(C)c(C)c1C(=O)C=Cc1cccc(OCc2ccccc2F)c1. The zero-order valence-electron chi connectivity index (χ0n) is 15.6. The summed E-state index contributed by atoms with van der Waals surface area (Å²) in [4.78, 5) is 12.5. The zero-order chi connectivity index (χ0) is 19.4. The van der Waals surface area contributed by atoms with Gasteiger partial charge in [0.05, 0.1) is 11.3 Å². The number of ketones is 1. The lowest BCUT2D eigenvalue weighted by molar-refractivity contribution is 0.104. The van der Waals surface area contributed by atoms with Gasteiger partial charge >= 0.3 is 0 Å². The highest BCUT2D eigenvalue weighted by Crippen LogP contribution is 2.18. The summed E-state index contributed by atoms with van der Waals surface area (Å²) in [6.07, 6.45) is 3.27. The van der Waals surface area contributed by atoms with Gasteiger partial charge in [0.15, 0.2) is 5.78 Å². The summed E-state index contributed by atoms with van der Waals surface area (Å²) in [5.74, 6) is 0.235. The summed E-state index contributed by atoms with van der Waals surface area (Å²) in [5, 5.41) is 4.27. The molecule has 138 valence electrons. The van der Waals surface area contributed by atoms with Gasteiger partial charge in [0, 0.05) is 18.3 Å². The first-order valence-electron chi connectivity index (χ1n) is 8.64. The fraction of sp³-hybridized carbons (Fsp3) is 0.182. The van der Waals surface area contributed by atoms with E-state index in [9.17, 15) is 9.18 Å². The summed E-state index contributed by atoms with van der Waals surface area (Å²) in [5.41, 5.74) is 3.50. The highest BCUT2D eigenvalue weighted by atomic mass is 19.1. The summed E-state index contributed by atoms with van der Waals surface area (Å²) in [7, 11) is 1.82. The third kappa shape index (κ3) is 4.31. The Morgan fingerprint density at radius 2 is 1.96 bits per heavy atom. The molecule has 0 atom stereocenters. The lowest BCUT2D eigenvalue weighted by Gasteiger charge is -2.07. The molecule has 3 aromatic rings. The predicted octanol–water partition coefficient (Wildman–Crippen LogP) is 4.65. The molecule has 0 fully saturated rings. The molecule has 0 saturated heterocycles. The third-order valence-electron chi connectivity index (χ3n) is 4.39. The van der Waals surface area contributed by atoms with E-state index in [0.29, 0.717) is 22.6 Å². The molecule has 0 aliphatic heterocycles. The first-order valence-corrected chi connectivity index (χ1v) is 8.64. The van der Waals surface area contributed by atoms with Crippen LogP contribution in [0.2, 0.25) is 0 Å². The van der Waals surface area contributed by atoms with Gasteiger partial charge in [0.1, 0.15) is 18.2 Å². The third-order valence-corrected chi connectivity index (χ3v) is 4.39. The van der Waals surface area contributed by atoms with Gasteiger partial charge in [-0.1, -0.05) is 36.4 Å². The van der Waals surface area contributed by atoms with Gasteiger partial charge in [-0.2, -0.15) is 5.10 Å². The molecule has 2 aromatic carbocycles. The van der Waals surface area contributed by atoms with E-state index in [4.69, 9.17) is 4.74 Å².